The zero-order valence-electron chi connectivity index (χ0n) is 55.4. The summed E-state index contributed by atoms with van der Waals surface area (Å²) in [5.41, 5.74) is 0. The molecule has 0 spiro atoms. The lowest BCUT2D eigenvalue weighted by molar-refractivity contribution is -0.379. The molecule has 0 aromatic heterocycles. The normalized spacial score (nSPS) is 28.3. The number of carbonyl (C=O) groups is 1. The number of hydrogen-bond acceptors (Lipinski definition) is 18. The molecule has 19 heteroatoms. The van der Waals surface area contributed by atoms with Gasteiger partial charge in [0, 0.05) is 6.42 Å². The predicted molar refractivity (Wildman–Crippen MR) is 346 cm³/mol. The molecule has 17 unspecified atom stereocenters. The molecule has 1 amide bonds. The summed E-state index contributed by atoms with van der Waals surface area (Å²) in [7, 11) is 0. The fourth-order valence-corrected chi connectivity index (χ4v) is 12.4. The fraction of sp³-hybridized carbons (Fsp3) is 0.929. The average Bonchev–Trinajstić information content (AvgIpc) is 2.46. The van der Waals surface area contributed by atoms with Crippen molar-refractivity contribution in [1.29, 1.82) is 0 Å². The van der Waals surface area contributed by atoms with Crippen LogP contribution in [0.4, 0.5) is 0 Å². The summed E-state index contributed by atoms with van der Waals surface area (Å²) in [4.78, 5) is 13.4. The smallest absolute Gasteiger partial charge is 0.220 e. The Morgan fingerprint density at radius 1 is 0.393 bits per heavy atom. The Balaban J connectivity index is 1.43. The largest absolute Gasteiger partial charge is 0.394 e. The molecule has 3 aliphatic rings. The van der Waals surface area contributed by atoms with E-state index in [2.05, 4.69) is 31.3 Å². The van der Waals surface area contributed by atoms with Gasteiger partial charge in [-0.05, 0) is 44.9 Å². The Bertz CT molecular complexity index is 1710. The van der Waals surface area contributed by atoms with Gasteiger partial charge < -0.3 is 89.9 Å². The number of hydrogen-bond donors (Lipinski definition) is 12. The molecule has 0 aliphatic carbocycles. The molecule has 0 radical (unpaired) electrons. The van der Waals surface area contributed by atoms with Crippen molar-refractivity contribution in [2.75, 3.05) is 26.4 Å². The number of ether oxygens (including phenoxy) is 6. The summed E-state index contributed by atoms with van der Waals surface area (Å²) >= 11 is 0. The van der Waals surface area contributed by atoms with Gasteiger partial charge in [0.2, 0.25) is 5.91 Å². The van der Waals surface area contributed by atoms with Crippen LogP contribution in [0.2, 0.25) is 0 Å². The van der Waals surface area contributed by atoms with Crippen molar-refractivity contribution >= 4 is 5.91 Å². The summed E-state index contributed by atoms with van der Waals surface area (Å²) in [6.45, 7) is 1.76. The molecule has 0 aromatic carbocycles. The molecule has 3 aliphatic heterocycles. The maximum atomic E-state index is 13.4. The molecule has 0 aromatic rings. The third kappa shape index (κ3) is 34.5. The summed E-state index contributed by atoms with van der Waals surface area (Å²) in [6, 6.07) is -0.973. The second kappa shape index (κ2) is 52.5. The molecule has 3 rings (SSSR count). The molecular formula is C70H131NO18. The monoisotopic (exact) mass is 1270 g/mol. The number of aliphatic hydroxyl groups excluding tert-OH is 11. The maximum Gasteiger partial charge on any atom is 0.220 e. The Kier molecular flexibility index (Phi) is 48.1. The molecular weight excluding hydrogens is 1140 g/mol. The Hall–Kier alpha value is -1.73. The van der Waals surface area contributed by atoms with E-state index in [0.717, 1.165) is 51.4 Å². The van der Waals surface area contributed by atoms with Crippen LogP contribution >= 0.6 is 0 Å². The molecule has 524 valence electrons. The minimum absolute atomic E-state index is 0.243. The van der Waals surface area contributed by atoms with Gasteiger partial charge in [0.05, 0.1) is 38.6 Å². The van der Waals surface area contributed by atoms with Gasteiger partial charge in [0.15, 0.2) is 18.9 Å². The van der Waals surface area contributed by atoms with Gasteiger partial charge in [-0.25, -0.2) is 0 Å². The van der Waals surface area contributed by atoms with Crippen molar-refractivity contribution in [2.45, 2.75) is 388 Å². The number of amides is 1. The molecule has 3 saturated heterocycles. The number of allylic oxidation sites excluding steroid dienone is 3. The first-order valence-corrected chi connectivity index (χ1v) is 36.1. The highest BCUT2D eigenvalue weighted by Gasteiger charge is 2.53. The van der Waals surface area contributed by atoms with Crippen molar-refractivity contribution in [3.63, 3.8) is 0 Å². The molecule has 12 N–H and O–H groups in total. The highest BCUT2D eigenvalue weighted by Crippen LogP contribution is 2.33. The molecule has 3 fully saturated rings. The second-order valence-electron chi connectivity index (χ2n) is 26.1. The van der Waals surface area contributed by atoms with Crippen LogP contribution in [0, 0.1) is 0 Å². The Morgan fingerprint density at radius 2 is 0.708 bits per heavy atom. The predicted octanol–water partition coefficient (Wildman–Crippen LogP) is 9.83. The number of nitrogens with one attached hydrogen (secondary N) is 1. The minimum atomic E-state index is -1.98. The molecule has 89 heavy (non-hydrogen) atoms. The standard InChI is InChI=1S/C70H131NO18/c1-3-5-7-9-11-13-15-17-19-21-23-24-25-26-27-28-30-31-33-35-37-39-41-43-45-47-54(75)53(71-58(76)48-46-44-42-40-38-36-34-32-29-22-20-18-16-14-12-10-8-6-4-2)52-84-68-64(82)61(79)66(56(50-73)86-68)89-70-65(83)62(80)67(57(51-74)87-70)88-69-63(81)60(78)59(77)55(49-72)85-69/h18,20,45,47,53-57,59-70,72-75,77-83H,3-17,19,21-44,46,48-52H2,1-2H3,(H,71,76)/b20-18-,47-45+. The highest BCUT2D eigenvalue weighted by molar-refractivity contribution is 5.76. The lowest BCUT2D eigenvalue weighted by Gasteiger charge is -2.48. The van der Waals surface area contributed by atoms with Crippen molar-refractivity contribution in [2.24, 2.45) is 0 Å². The van der Waals surface area contributed by atoms with Crippen LogP contribution < -0.4 is 5.32 Å². The van der Waals surface area contributed by atoms with Crippen molar-refractivity contribution in [3.05, 3.63) is 24.3 Å². The van der Waals surface area contributed by atoms with E-state index in [9.17, 15) is 61.0 Å². The van der Waals surface area contributed by atoms with Crippen LogP contribution in [0.25, 0.3) is 0 Å². The fourth-order valence-electron chi connectivity index (χ4n) is 12.4. The van der Waals surface area contributed by atoms with E-state index in [0.29, 0.717) is 6.42 Å². The van der Waals surface area contributed by atoms with Crippen LogP contribution in [0.3, 0.4) is 0 Å². The summed E-state index contributed by atoms with van der Waals surface area (Å²) in [6.07, 6.45) is 32.9. The summed E-state index contributed by atoms with van der Waals surface area (Å²) in [5, 5.41) is 121. The third-order valence-electron chi connectivity index (χ3n) is 18.2. The topological polar surface area (TPSA) is 307 Å². The van der Waals surface area contributed by atoms with Gasteiger partial charge in [0.25, 0.3) is 0 Å². The number of aliphatic hydroxyl groups is 11. The van der Waals surface area contributed by atoms with Gasteiger partial charge in [-0.15, -0.1) is 0 Å². The maximum absolute atomic E-state index is 13.4. The summed E-state index contributed by atoms with van der Waals surface area (Å²) in [5.74, 6) is -0.274. The zero-order valence-corrected chi connectivity index (χ0v) is 55.4. The van der Waals surface area contributed by atoms with Crippen LogP contribution in [-0.2, 0) is 33.2 Å². The summed E-state index contributed by atoms with van der Waals surface area (Å²) < 4.78 is 34.4. The van der Waals surface area contributed by atoms with Gasteiger partial charge in [-0.3, -0.25) is 4.79 Å². The van der Waals surface area contributed by atoms with E-state index >= 15 is 0 Å². The molecule has 17 atom stereocenters. The highest BCUT2D eigenvalue weighted by atomic mass is 16.8. The van der Waals surface area contributed by atoms with Crippen molar-refractivity contribution < 1.29 is 89.4 Å². The van der Waals surface area contributed by atoms with Crippen LogP contribution in [0.1, 0.15) is 284 Å². The van der Waals surface area contributed by atoms with Crippen LogP contribution in [0.15, 0.2) is 24.3 Å². The number of carbonyl (C=O) groups excluding carboxylic acids is 1. The van der Waals surface area contributed by atoms with E-state index in [-0.39, 0.29) is 18.9 Å². The Morgan fingerprint density at radius 3 is 1.09 bits per heavy atom. The SMILES string of the molecule is CCCCCCCC/C=C\CCCCCCCCCCCC(=O)NC(COC1OC(CO)C(OC2OC(CO)C(OC3OC(CO)C(O)C(O)C3O)C(O)C2O)C(O)C1O)C(O)/C=C/CCCCCCCCCCCCCCCCCCCCCCCCC. The van der Waals surface area contributed by atoms with Gasteiger partial charge >= 0.3 is 0 Å². The zero-order chi connectivity index (χ0) is 64.7. The van der Waals surface area contributed by atoms with Crippen LogP contribution in [0.5, 0.6) is 0 Å². The first kappa shape index (κ1) is 81.5. The quantitative estimate of drug-likeness (QED) is 0.0199. The third-order valence-corrected chi connectivity index (χ3v) is 18.2. The van der Waals surface area contributed by atoms with E-state index < -0.39 is 124 Å². The lowest BCUT2D eigenvalue weighted by Crippen LogP contribution is -2.66. The Labute approximate surface area is 537 Å². The lowest BCUT2D eigenvalue weighted by atomic mass is 9.96. The van der Waals surface area contributed by atoms with Gasteiger partial charge in [-0.2, -0.15) is 0 Å². The second-order valence-corrected chi connectivity index (χ2v) is 26.1. The van der Waals surface area contributed by atoms with E-state index in [1.165, 1.54) is 205 Å². The van der Waals surface area contributed by atoms with Crippen molar-refractivity contribution in [3.8, 4) is 0 Å². The number of unbranched alkanes of at least 4 members (excludes halogenated alkanes) is 38. The van der Waals surface area contributed by atoms with Gasteiger partial charge in [-0.1, -0.05) is 256 Å². The van der Waals surface area contributed by atoms with E-state index in [1.54, 1.807) is 6.08 Å². The minimum Gasteiger partial charge on any atom is -0.394 e. The number of rotatable bonds is 56. The molecule has 19 nitrogen and oxygen atoms in total. The molecule has 0 bridgehead atoms. The van der Waals surface area contributed by atoms with Gasteiger partial charge in [0.1, 0.15) is 73.2 Å². The van der Waals surface area contributed by atoms with E-state index in [1.807, 2.05) is 6.08 Å². The van der Waals surface area contributed by atoms with Crippen LogP contribution in [-0.4, -0.2) is 193 Å². The first-order chi connectivity index (χ1) is 43.3. The van der Waals surface area contributed by atoms with Crippen molar-refractivity contribution in [1.82, 2.24) is 5.32 Å². The molecule has 0 saturated carbocycles. The molecule has 3 heterocycles. The first-order valence-electron chi connectivity index (χ1n) is 36.1. The van der Waals surface area contributed by atoms with E-state index in [4.69, 9.17) is 28.4 Å². The average molecular weight is 1270 g/mol.